The van der Waals surface area contributed by atoms with Gasteiger partial charge in [0.15, 0.2) is 5.78 Å². The number of amides is 1. The van der Waals surface area contributed by atoms with E-state index in [9.17, 15) is 9.59 Å². The number of H-pyrrole nitrogens is 1. The van der Waals surface area contributed by atoms with Crippen LogP contribution in [-0.2, 0) is 6.42 Å². The molecule has 0 unspecified atom stereocenters. The first-order valence-electron chi connectivity index (χ1n) is 9.70. The van der Waals surface area contributed by atoms with Crippen molar-refractivity contribution in [2.24, 2.45) is 0 Å². The minimum absolute atomic E-state index is 0.0102. The summed E-state index contributed by atoms with van der Waals surface area (Å²) in [7, 11) is 0. The van der Waals surface area contributed by atoms with Gasteiger partial charge >= 0.3 is 0 Å². The Hall–Kier alpha value is -2.56. The quantitative estimate of drug-likeness (QED) is 0.646. The van der Waals surface area contributed by atoms with Gasteiger partial charge in [-0.25, -0.2) is 0 Å². The topological polar surface area (TPSA) is 65.2 Å². The Kier molecular flexibility index (Phi) is 6.83. The number of ketones is 1. The fraction of sp³-hybridized carbons (Fsp3) is 0.455. The molecule has 1 heterocycles. The van der Waals surface area contributed by atoms with Crippen LogP contribution in [0.25, 0.3) is 0 Å². The van der Waals surface area contributed by atoms with E-state index < -0.39 is 0 Å². The zero-order valence-corrected chi connectivity index (χ0v) is 17.3. The van der Waals surface area contributed by atoms with Crippen LogP contribution in [0.2, 0.25) is 0 Å². The maximum atomic E-state index is 12.8. The third-order valence-electron chi connectivity index (χ3n) is 4.79. The minimum atomic E-state index is -0.210. The van der Waals surface area contributed by atoms with Crippen LogP contribution in [0.3, 0.4) is 0 Å². The Bertz CT molecular complexity index is 804. The zero-order valence-electron chi connectivity index (χ0n) is 17.3. The van der Waals surface area contributed by atoms with Crippen LogP contribution < -0.4 is 10.2 Å². The number of anilines is 2. The zero-order chi connectivity index (χ0) is 20.1. The predicted molar refractivity (Wildman–Crippen MR) is 112 cm³/mol. The van der Waals surface area contributed by atoms with Gasteiger partial charge in [-0.05, 0) is 70.9 Å². The number of aromatic amines is 1. The summed E-state index contributed by atoms with van der Waals surface area (Å²) in [5, 5.41) is 2.95. The number of rotatable bonds is 8. The predicted octanol–water partition coefficient (Wildman–Crippen LogP) is 4.97. The van der Waals surface area contributed by atoms with Gasteiger partial charge in [-0.15, -0.1) is 0 Å². The van der Waals surface area contributed by atoms with E-state index in [-0.39, 0.29) is 11.7 Å². The molecule has 0 saturated heterocycles. The number of carbonyl (C=O) groups excluding carboxylic acids is 2. The van der Waals surface area contributed by atoms with Crippen molar-refractivity contribution in [1.82, 2.24) is 4.98 Å². The van der Waals surface area contributed by atoms with Gasteiger partial charge in [0.1, 0.15) is 5.69 Å². The lowest BCUT2D eigenvalue weighted by atomic mass is 10.0. The number of hydrogen-bond acceptors (Lipinski definition) is 3. The molecule has 2 aromatic rings. The van der Waals surface area contributed by atoms with Crippen molar-refractivity contribution >= 4 is 23.1 Å². The highest BCUT2D eigenvalue weighted by molar-refractivity contribution is 6.07. The largest absolute Gasteiger partial charge is 0.369 e. The molecule has 0 atom stereocenters. The highest BCUT2D eigenvalue weighted by atomic mass is 16.2. The van der Waals surface area contributed by atoms with Gasteiger partial charge in [0, 0.05) is 35.2 Å². The molecule has 5 nitrogen and oxygen atoms in total. The molecule has 0 fully saturated rings. The van der Waals surface area contributed by atoms with Crippen molar-refractivity contribution in [2.75, 3.05) is 16.8 Å². The molecule has 0 saturated carbocycles. The van der Waals surface area contributed by atoms with Crippen molar-refractivity contribution in [3.8, 4) is 0 Å². The first kappa shape index (κ1) is 20.7. The Morgan fingerprint density at radius 1 is 1.15 bits per heavy atom. The van der Waals surface area contributed by atoms with Gasteiger partial charge in [-0.3, -0.25) is 9.59 Å². The Morgan fingerprint density at radius 3 is 2.26 bits per heavy atom. The Labute approximate surface area is 162 Å². The van der Waals surface area contributed by atoms with Gasteiger partial charge < -0.3 is 15.2 Å². The van der Waals surface area contributed by atoms with E-state index >= 15 is 0 Å². The van der Waals surface area contributed by atoms with E-state index in [1.54, 1.807) is 6.92 Å². The number of hydrogen-bond donors (Lipinski definition) is 2. The second-order valence-corrected chi connectivity index (χ2v) is 7.17. The summed E-state index contributed by atoms with van der Waals surface area (Å²) < 4.78 is 0. The summed E-state index contributed by atoms with van der Waals surface area (Å²) in [4.78, 5) is 30.2. The fourth-order valence-electron chi connectivity index (χ4n) is 3.62. The molecule has 0 spiro atoms. The van der Waals surface area contributed by atoms with Gasteiger partial charge in [0.25, 0.3) is 5.91 Å². The van der Waals surface area contributed by atoms with Crippen molar-refractivity contribution in [3.05, 3.63) is 46.8 Å². The average Bonchev–Trinajstić information content (AvgIpc) is 2.93. The Morgan fingerprint density at radius 2 is 1.78 bits per heavy atom. The van der Waals surface area contributed by atoms with Crippen molar-refractivity contribution in [3.63, 3.8) is 0 Å². The van der Waals surface area contributed by atoms with Crippen LogP contribution in [0.1, 0.15) is 73.1 Å². The maximum Gasteiger partial charge on any atom is 0.272 e. The fourth-order valence-corrected chi connectivity index (χ4v) is 3.62. The summed E-state index contributed by atoms with van der Waals surface area (Å²) in [5.74, 6) is -0.220. The van der Waals surface area contributed by atoms with Crippen molar-refractivity contribution in [1.29, 1.82) is 0 Å². The lowest BCUT2D eigenvalue weighted by molar-refractivity contribution is 0.101. The normalized spacial score (nSPS) is 10.9. The van der Waals surface area contributed by atoms with E-state index in [1.165, 1.54) is 0 Å². The SMILES string of the molecule is CCCc1c(C(=O)Nc2ccc(N(CC)C(C)C)cc2)[nH]c(C)c1C(C)=O. The lowest BCUT2D eigenvalue weighted by Crippen LogP contribution is -2.30. The van der Waals surface area contributed by atoms with Crippen LogP contribution >= 0.6 is 0 Å². The molecular formula is C22H31N3O2. The van der Waals surface area contributed by atoms with E-state index in [0.29, 0.717) is 23.7 Å². The minimum Gasteiger partial charge on any atom is -0.369 e. The molecule has 1 aromatic heterocycles. The molecule has 1 aromatic carbocycles. The second kappa shape index (κ2) is 8.89. The standard InChI is InChI=1S/C22H31N3O2/c1-7-9-19-20(16(6)26)15(5)23-21(19)22(27)24-17-10-12-18(13-11-17)25(8-2)14(3)4/h10-14,23H,7-9H2,1-6H3,(H,24,27). The number of Topliss-reactive ketones (excluding diaryl/α,β-unsaturated/α-hetero) is 1. The van der Waals surface area contributed by atoms with E-state index in [0.717, 1.165) is 35.6 Å². The summed E-state index contributed by atoms with van der Waals surface area (Å²) in [5.41, 5.74) is 4.57. The van der Waals surface area contributed by atoms with Gasteiger partial charge in [0.2, 0.25) is 0 Å². The van der Waals surface area contributed by atoms with Gasteiger partial charge in [-0.1, -0.05) is 13.3 Å². The highest BCUT2D eigenvalue weighted by Gasteiger charge is 2.22. The van der Waals surface area contributed by atoms with Crippen molar-refractivity contribution < 1.29 is 9.59 Å². The smallest absolute Gasteiger partial charge is 0.272 e. The Balaban J connectivity index is 2.25. The molecule has 2 rings (SSSR count). The molecule has 2 N–H and O–H groups in total. The molecular weight excluding hydrogens is 338 g/mol. The molecule has 0 bridgehead atoms. The summed E-state index contributed by atoms with van der Waals surface area (Å²) in [6.07, 6.45) is 1.56. The van der Waals surface area contributed by atoms with E-state index in [2.05, 4.69) is 36.0 Å². The molecule has 0 radical (unpaired) electrons. The number of aromatic nitrogens is 1. The average molecular weight is 370 g/mol. The van der Waals surface area contributed by atoms with Crippen LogP contribution in [0, 0.1) is 6.92 Å². The van der Waals surface area contributed by atoms with E-state index in [4.69, 9.17) is 0 Å². The van der Waals surface area contributed by atoms with Crippen LogP contribution in [0.5, 0.6) is 0 Å². The highest BCUT2D eigenvalue weighted by Crippen LogP contribution is 2.24. The van der Waals surface area contributed by atoms with Gasteiger partial charge in [0.05, 0.1) is 0 Å². The third kappa shape index (κ3) is 4.59. The number of benzene rings is 1. The second-order valence-electron chi connectivity index (χ2n) is 7.17. The third-order valence-corrected chi connectivity index (χ3v) is 4.79. The first-order chi connectivity index (χ1) is 12.8. The van der Waals surface area contributed by atoms with Crippen molar-refractivity contribution in [2.45, 2.75) is 60.4 Å². The molecule has 27 heavy (non-hydrogen) atoms. The van der Waals surface area contributed by atoms with Crippen LogP contribution in [-0.4, -0.2) is 29.3 Å². The number of nitrogens with zero attached hydrogens (tertiary/aromatic N) is 1. The van der Waals surface area contributed by atoms with Crippen LogP contribution in [0.15, 0.2) is 24.3 Å². The molecule has 0 aliphatic heterocycles. The number of aryl methyl sites for hydroxylation is 1. The first-order valence-corrected chi connectivity index (χ1v) is 9.70. The molecule has 5 heteroatoms. The van der Waals surface area contributed by atoms with Crippen LogP contribution in [0.4, 0.5) is 11.4 Å². The molecule has 146 valence electrons. The lowest BCUT2D eigenvalue weighted by Gasteiger charge is -2.27. The number of carbonyl (C=O) groups is 2. The molecule has 1 amide bonds. The summed E-state index contributed by atoms with van der Waals surface area (Å²) in [6, 6.07) is 8.29. The molecule has 0 aliphatic rings. The number of nitrogens with one attached hydrogen (secondary N) is 2. The maximum absolute atomic E-state index is 12.8. The summed E-state index contributed by atoms with van der Waals surface area (Å²) >= 11 is 0. The van der Waals surface area contributed by atoms with E-state index in [1.807, 2.05) is 38.1 Å². The summed E-state index contributed by atoms with van der Waals surface area (Å²) in [6.45, 7) is 12.8. The monoisotopic (exact) mass is 369 g/mol. The molecule has 0 aliphatic carbocycles. The van der Waals surface area contributed by atoms with Gasteiger partial charge in [-0.2, -0.15) is 0 Å².